The zero-order chi connectivity index (χ0) is 14.2. The highest BCUT2D eigenvalue weighted by Crippen LogP contribution is 2.24. The molecule has 1 aromatic carbocycles. The fourth-order valence-corrected chi connectivity index (χ4v) is 4.07. The Balaban J connectivity index is 2.28. The molecule has 0 radical (unpaired) electrons. The van der Waals surface area contributed by atoms with E-state index in [1.165, 1.54) is 0 Å². The maximum absolute atomic E-state index is 11.6. The molecule has 0 amide bonds. The molecule has 1 atom stereocenters. The maximum Gasteiger partial charge on any atom is 0.154 e. The van der Waals surface area contributed by atoms with Gasteiger partial charge in [-0.3, -0.25) is 5.41 Å². The molecule has 2 rings (SSSR count). The summed E-state index contributed by atoms with van der Waals surface area (Å²) in [4.78, 5) is 2.10. The number of rotatable bonds is 2. The average Bonchev–Trinajstić information content (AvgIpc) is 2.26. The third kappa shape index (κ3) is 2.89. The van der Waals surface area contributed by atoms with Crippen LogP contribution in [0.4, 0.5) is 5.69 Å². The smallest absolute Gasteiger partial charge is 0.154 e. The van der Waals surface area contributed by atoms with Crippen LogP contribution in [0.1, 0.15) is 18.1 Å². The molecule has 1 aliphatic rings. The monoisotopic (exact) mass is 281 g/mol. The first-order chi connectivity index (χ1) is 8.80. The molecule has 3 N–H and O–H groups in total. The Kier molecular flexibility index (Phi) is 3.54. The molecule has 1 fully saturated rings. The van der Waals surface area contributed by atoms with Crippen molar-refractivity contribution in [2.75, 3.05) is 23.0 Å². The Morgan fingerprint density at radius 1 is 1.47 bits per heavy atom. The Morgan fingerprint density at radius 3 is 2.68 bits per heavy atom. The molecule has 19 heavy (non-hydrogen) atoms. The molecule has 1 heterocycles. The number of hydrogen-bond acceptors (Lipinski definition) is 4. The van der Waals surface area contributed by atoms with Crippen molar-refractivity contribution in [2.45, 2.75) is 19.9 Å². The van der Waals surface area contributed by atoms with Crippen molar-refractivity contribution in [1.29, 1.82) is 5.41 Å². The van der Waals surface area contributed by atoms with Crippen molar-refractivity contribution in [3.63, 3.8) is 0 Å². The first-order valence-corrected chi connectivity index (χ1v) is 8.04. The normalized spacial score (nSPS) is 22.2. The maximum atomic E-state index is 11.6. The summed E-state index contributed by atoms with van der Waals surface area (Å²) in [7, 11) is -2.90. The molecule has 0 aromatic heterocycles. The van der Waals surface area contributed by atoms with Gasteiger partial charge in [-0.25, -0.2) is 8.42 Å². The number of amidine groups is 1. The van der Waals surface area contributed by atoms with E-state index in [9.17, 15) is 8.42 Å². The minimum atomic E-state index is -2.90. The van der Waals surface area contributed by atoms with Gasteiger partial charge in [-0.05, 0) is 37.6 Å². The van der Waals surface area contributed by atoms with Gasteiger partial charge in [-0.1, -0.05) is 0 Å². The van der Waals surface area contributed by atoms with Crippen molar-refractivity contribution in [3.05, 3.63) is 29.3 Å². The summed E-state index contributed by atoms with van der Waals surface area (Å²) in [5.41, 5.74) is 8.15. The van der Waals surface area contributed by atoms with Crippen LogP contribution in [0.25, 0.3) is 0 Å². The van der Waals surface area contributed by atoms with Crippen LogP contribution < -0.4 is 10.6 Å². The van der Waals surface area contributed by atoms with E-state index >= 15 is 0 Å². The van der Waals surface area contributed by atoms with E-state index in [-0.39, 0.29) is 23.4 Å². The molecule has 1 unspecified atom stereocenters. The van der Waals surface area contributed by atoms with E-state index in [0.717, 1.165) is 16.8 Å². The first-order valence-electron chi connectivity index (χ1n) is 6.22. The van der Waals surface area contributed by atoms with Crippen LogP contribution in [-0.2, 0) is 9.84 Å². The molecule has 0 bridgehead atoms. The number of hydrogen-bond donors (Lipinski definition) is 2. The van der Waals surface area contributed by atoms with Crippen LogP contribution in [0.5, 0.6) is 0 Å². The lowest BCUT2D eigenvalue weighted by atomic mass is 10.1. The fourth-order valence-electron chi connectivity index (χ4n) is 2.51. The summed E-state index contributed by atoms with van der Waals surface area (Å²) >= 11 is 0. The summed E-state index contributed by atoms with van der Waals surface area (Å²) in [5.74, 6) is 0.448. The van der Waals surface area contributed by atoms with Gasteiger partial charge in [0.15, 0.2) is 9.84 Å². The third-order valence-corrected chi connectivity index (χ3v) is 5.30. The van der Waals surface area contributed by atoms with E-state index in [2.05, 4.69) is 4.90 Å². The lowest BCUT2D eigenvalue weighted by Crippen LogP contribution is -2.47. The number of nitrogens with zero attached hydrogens (tertiary/aromatic N) is 1. The van der Waals surface area contributed by atoms with Crippen LogP contribution in [0.3, 0.4) is 0 Å². The SMILES string of the molecule is Cc1cc(N2CCS(=O)(=O)CC2C)ccc1C(=N)N. The standard InChI is InChI=1S/C13H19N3O2S/c1-9-7-11(3-4-12(9)13(14)15)16-5-6-19(17,18)8-10(16)2/h3-4,7,10H,5-6,8H2,1-2H3,(H3,14,15). The van der Waals surface area contributed by atoms with Crippen LogP contribution in [-0.4, -0.2) is 38.3 Å². The van der Waals surface area contributed by atoms with Gasteiger partial charge in [-0.15, -0.1) is 0 Å². The van der Waals surface area contributed by atoms with Gasteiger partial charge in [0.25, 0.3) is 0 Å². The van der Waals surface area contributed by atoms with Crippen LogP contribution in [0, 0.1) is 12.3 Å². The molecule has 1 aromatic rings. The van der Waals surface area contributed by atoms with E-state index in [0.29, 0.717) is 6.54 Å². The zero-order valence-electron chi connectivity index (χ0n) is 11.2. The lowest BCUT2D eigenvalue weighted by Gasteiger charge is -2.35. The highest BCUT2D eigenvalue weighted by molar-refractivity contribution is 7.91. The quantitative estimate of drug-likeness (QED) is 0.623. The molecule has 1 saturated heterocycles. The average molecular weight is 281 g/mol. The van der Waals surface area contributed by atoms with E-state index in [4.69, 9.17) is 11.1 Å². The molecule has 0 saturated carbocycles. The summed E-state index contributed by atoms with van der Waals surface area (Å²) in [6.45, 7) is 4.35. The number of nitrogens with two attached hydrogens (primary N) is 1. The zero-order valence-corrected chi connectivity index (χ0v) is 12.0. The largest absolute Gasteiger partial charge is 0.384 e. The lowest BCUT2D eigenvalue weighted by molar-refractivity contribution is 0.568. The molecule has 5 nitrogen and oxygen atoms in total. The molecular weight excluding hydrogens is 262 g/mol. The second kappa shape index (κ2) is 4.85. The Morgan fingerprint density at radius 2 is 2.16 bits per heavy atom. The Hall–Kier alpha value is -1.56. The van der Waals surface area contributed by atoms with Gasteiger partial charge in [0, 0.05) is 23.8 Å². The van der Waals surface area contributed by atoms with Crippen molar-refractivity contribution < 1.29 is 8.42 Å². The molecule has 6 heteroatoms. The Bertz CT molecular complexity index is 610. The van der Waals surface area contributed by atoms with Crippen LogP contribution in [0.15, 0.2) is 18.2 Å². The van der Waals surface area contributed by atoms with Crippen molar-refractivity contribution in [2.24, 2.45) is 5.73 Å². The van der Waals surface area contributed by atoms with Gasteiger partial charge >= 0.3 is 0 Å². The predicted molar refractivity (Wildman–Crippen MR) is 77.7 cm³/mol. The minimum absolute atomic E-state index is 0.0265. The second-order valence-corrected chi connectivity index (χ2v) is 7.30. The van der Waals surface area contributed by atoms with E-state index < -0.39 is 9.84 Å². The van der Waals surface area contributed by atoms with E-state index in [1.807, 2.05) is 32.0 Å². The first kappa shape index (κ1) is 13.9. The van der Waals surface area contributed by atoms with Crippen molar-refractivity contribution in [3.8, 4) is 0 Å². The summed E-state index contributed by atoms with van der Waals surface area (Å²) < 4.78 is 23.2. The summed E-state index contributed by atoms with van der Waals surface area (Å²) in [6, 6.07) is 5.66. The van der Waals surface area contributed by atoms with Gasteiger partial charge in [0.05, 0.1) is 11.5 Å². The van der Waals surface area contributed by atoms with Crippen molar-refractivity contribution in [1.82, 2.24) is 0 Å². The third-order valence-electron chi connectivity index (χ3n) is 3.50. The fraction of sp³-hybridized carbons (Fsp3) is 0.462. The molecule has 0 spiro atoms. The molecule has 1 aliphatic heterocycles. The molecule has 0 aliphatic carbocycles. The summed E-state index contributed by atoms with van der Waals surface area (Å²) in [5, 5.41) is 7.47. The number of sulfone groups is 1. The Labute approximate surface area is 113 Å². The van der Waals surface area contributed by atoms with Crippen LogP contribution in [0.2, 0.25) is 0 Å². The number of aryl methyl sites for hydroxylation is 1. The predicted octanol–water partition coefficient (Wildman–Crippen LogP) is 0.902. The van der Waals surface area contributed by atoms with Crippen molar-refractivity contribution >= 4 is 21.4 Å². The number of anilines is 1. The van der Waals surface area contributed by atoms with Gasteiger partial charge in [0.1, 0.15) is 5.84 Å². The highest BCUT2D eigenvalue weighted by atomic mass is 32.2. The summed E-state index contributed by atoms with van der Waals surface area (Å²) in [6.07, 6.45) is 0. The number of nitrogens with one attached hydrogen (secondary N) is 1. The minimum Gasteiger partial charge on any atom is -0.384 e. The van der Waals surface area contributed by atoms with Gasteiger partial charge in [-0.2, -0.15) is 0 Å². The number of benzene rings is 1. The molecule has 104 valence electrons. The second-order valence-electron chi connectivity index (χ2n) is 5.07. The topological polar surface area (TPSA) is 87.2 Å². The van der Waals surface area contributed by atoms with E-state index in [1.54, 1.807) is 0 Å². The number of nitrogen functional groups attached to an aromatic ring is 1. The molecular formula is C13H19N3O2S. The van der Waals surface area contributed by atoms with Gasteiger partial charge in [0.2, 0.25) is 0 Å². The van der Waals surface area contributed by atoms with Crippen LogP contribution >= 0.6 is 0 Å². The highest BCUT2D eigenvalue weighted by Gasteiger charge is 2.28. The van der Waals surface area contributed by atoms with Gasteiger partial charge < -0.3 is 10.6 Å².